The van der Waals surface area contributed by atoms with E-state index in [9.17, 15) is 0 Å². The molecule has 2 aliphatic carbocycles. The van der Waals surface area contributed by atoms with Gasteiger partial charge in [-0.3, -0.25) is 4.99 Å². The van der Waals surface area contributed by atoms with Crippen LogP contribution >= 0.6 is 22.6 Å². The van der Waals surface area contributed by atoms with Crippen molar-refractivity contribution in [3.8, 4) is 6.07 Å². The summed E-state index contributed by atoms with van der Waals surface area (Å²) in [6, 6.07) is 12.8. The van der Waals surface area contributed by atoms with Crippen molar-refractivity contribution < 1.29 is 0 Å². The summed E-state index contributed by atoms with van der Waals surface area (Å²) in [6.45, 7) is 1.83. The van der Waals surface area contributed by atoms with E-state index in [-0.39, 0.29) is 5.54 Å². The molecule has 3 rings (SSSR count). The highest BCUT2D eigenvalue weighted by atomic mass is 127. The molecule has 2 nitrogen and oxygen atoms in total. The predicted octanol–water partition coefficient (Wildman–Crippen LogP) is 4.10. The van der Waals surface area contributed by atoms with Crippen LogP contribution in [0.5, 0.6) is 0 Å². The van der Waals surface area contributed by atoms with Crippen molar-refractivity contribution in [3.05, 3.63) is 35.9 Å². The highest BCUT2D eigenvalue weighted by molar-refractivity contribution is 14.1. The van der Waals surface area contributed by atoms with Gasteiger partial charge in [-0.2, -0.15) is 5.26 Å². The number of hydrogen-bond donors (Lipinski definition) is 0. The lowest BCUT2D eigenvalue weighted by Crippen LogP contribution is -2.62. The molecule has 0 heterocycles. The second-order valence-corrected chi connectivity index (χ2v) is 7.03. The Morgan fingerprint density at radius 1 is 1.32 bits per heavy atom. The van der Waals surface area contributed by atoms with E-state index in [2.05, 4.69) is 52.9 Å². The second kappa shape index (κ2) is 4.90. The lowest BCUT2D eigenvalue weighted by Gasteiger charge is -2.61. The number of aliphatic imine (C=N–C) groups is 1. The number of nitrogens with zero attached hydrogens (tertiary/aromatic N) is 2. The maximum absolute atomic E-state index is 9.11. The lowest BCUT2D eigenvalue weighted by atomic mass is 9.50. The summed E-state index contributed by atoms with van der Waals surface area (Å²) in [5.41, 5.74) is 1.79. The van der Waals surface area contributed by atoms with E-state index in [0.717, 1.165) is 0 Å². The molecule has 0 aromatic heterocycles. The molecule has 0 saturated heterocycles. The maximum atomic E-state index is 9.11. The average Bonchev–Trinajstić information content (AvgIpc) is 2.48. The Bertz CT molecular complexity index is 532. The van der Waals surface area contributed by atoms with Crippen LogP contribution in [0.15, 0.2) is 35.3 Å². The highest BCUT2D eigenvalue weighted by Crippen LogP contribution is 2.64. The van der Waals surface area contributed by atoms with E-state index in [0.29, 0.717) is 21.5 Å². The number of alkyl halides is 1. The summed E-state index contributed by atoms with van der Waals surface area (Å²) in [4.78, 5) is 4.89. The first-order valence-corrected chi connectivity index (χ1v) is 8.11. The minimum absolute atomic E-state index is 0.120. The Labute approximate surface area is 128 Å². The highest BCUT2D eigenvalue weighted by Gasteiger charge is 2.63. The van der Waals surface area contributed by atoms with Crippen LogP contribution in [-0.4, -0.2) is 9.64 Å². The van der Waals surface area contributed by atoms with Crippen LogP contribution in [0.3, 0.4) is 0 Å². The topological polar surface area (TPSA) is 36.1 Å². The van der Waals surface area contributed by atoms with Gasteiger partial charge in [0.2, 0.25) is 0 Å². The van der Waals surface area contributed by atoms with E-state index >= 15 is 0 Å². The van der Waals surface area contributed by atoms with Gasteiger partial charge in [-0.15, -0.1) is 0 Å². The van der Waals surface area contributed by atoms with Gasteiger partial charge in [0.25, 0.3) is 0 Å². The van der Waals surface area contributed by atoms with E-state index in [4.69, 9.17) is 10.3 Å². The van der Waals surface area contributed by atoms with Crippen molar-refractivity contribution in [2.45, 2.75) is 35.6 Å². The van der Waals surface area contributed by atoms with E-state index in [1.165, 1.54) is 24.8 Å². The Hall–Kier alpha value is -0.890. The fourth-order valence-corrected chi connectivity index (χ4v) is 5.72. The second-order valence-electron chi connectivity index (χ2n) is 5.59. The van der Waals surface area contributed by atoms with Crippen molar-refractivity contribution in [1.82, 2.24) is 0 Å². The molecule has 4 atom stereocenters. The van der Waals surface area contributed by atoms with Crippen molar-refractivity contribution in [3.63, 3.8) is 0 Å². The molecule has 2 fully saturated rings. The minimum Gasteiger partial charge on any atom is -0.267 e. The van der Waals surface area contributed by atoms with Crippen molar-refractivity contribution in [2.75, 3.05) is 0 Å². The normalized spacial score (nSPS) is 37.3. The molecule has 2 saturated carbocycles. The van der Waals surface area contributed by atoms with Gasteiger partial charge in [0.15, 0.2) is 0 Å². The van der Waals surface area contributed by atoms with Gasteiger partial charge in [-0.25, -0.2) is 0 Å². The molecule has 19 heavy (non-hydrogen) atoms. The fraction of sp³-hybridized carbons (Fsp3) is 0.500. The van der Waals surface area contributed by atoms with Gasteiger partial charge >= 0.3 is 0 Å². The molecule has 0 spiro atoms. The molecule has 2 aliphatic rings. The smallest absolute Gasteiger partial charge is 0.114 e. The molecule has 0 N–H and O–H groups in total. The molecule has 1 aromatic rings. The molecule has 0 aliphatic heterocycles. The van der Waals surface area contributed by atoms with Crippen molar-refractivity contribution in [2.24, 2.45) is 16.8 Å². The third kappa shape index (κ3) is 1.84. The minimum atomic E-state index is -0.120. The molecule has 0 radical (unpaired) electrons. The van der Waals surface area contributed by atoms with E-state index in [1.807, 2.05) is 13.0 Å². The standard InChI is InChI=1S/C16H17IN2/c1-11(10-18)19-16(12-6-3-2-4-7-12)13-8-5-9-14(16)15(13)17/h2-4,6-7,13-15H,5,8-9H2,1H3/t13-,14+,15?,16?. The first-order chi connectivity index (χ1) is 9.20. The van der Waals surface area contributed by atoms with Gasteiger partial charge in [0.05, 0.1) is 5.54 Å². The lowest BCUT2D eigenvalue weighted by molar-refractivity contribution is -0.000505. The SMILES string of the molecule is CC(C#N)=NC1(c2ccccc2)[C@@H]2CCC[C@H]1C2I. The number of benzene rings is 1. The van der Waals surface area contributed by atoms with Gasteiger partial charge in [-0.1, -0.05) is 59.3 Å². The first-order valence-electron chi connectivity index (χ1n) is 6.86. The van der Waals surface area contributed by atoms with Crippen molar-refractivity contribution in [1.29, 1.82) is 5.26 Å². The number of halogens is 1. The van der Waals surface area contributed by atoms with Crippen LogP contribution in [0.2, 0.25) is 0 Å². The zero-order valence-corrected chi connectivity index (χ0v) is 13.2. The Balaban J connectivity index is 2.11. The monoisotopic (exact) mass is 364 g/mol. The number of nitriles is 1. The molecule has 3 heteroatoms. The zero-order chi connectivity index (χ0) is 13.5. The predicted molar refractivity (Wildman–Crippen MR) is 85.5 cm³/mol. The molecule has 0 amide bonds. The number of fused-ring (bicyclic) bond motifs is 2. The first kappa shape index (κ1) is 13.1. The Kier molecular flexibility index (Phi) is 3.38. The number of hydrogen-bond acceptors (Lipinski definition) is 2. The van der Waals surface area contributed by atoms with E-state index in [1.54, 1.807) is 0 Å². The fourth-order valence-electron chi connectivity index (χ4n) is 3.90. The summed E-state index contributed by atoms with van der Waals surface area (Å²) in [6.07, 6.45) is 3.78. The van der Waals surface area contributed by atoms with Crippen LogP contribution in [0.4, 0.5) is 0 Å². The van der Waals surface area contributed by atoms with Crippen LogP contribution in [-0.2, 0) is 5.54 Å². The number of rotatable bonds is 2. The maximum Gasteiger partial charge on any atom is 0.114 e. The Morgan fingerprint density at radius 3 is 2.47 bits per heavy atom. The van der Waals surface area contributed by atoms with Gasteiger partial charge in [-0.05, 0) is 25.3 Å². The van der Waals surface area contributed by atoms with Gasteiger partial charge in [0.1, 0.15) is 11.8 Å². The van der Waals surface area contributed by atoms with Crippen LogP contribution in [0.25, 0.3) is 0 Å². The molecule has 98 valence electrons. The summed E-state index contributed by atoms with van der Waals surface area (Å²) >= 11 is 2.59. The zero-order valence-electron chi connectivity index (χ0n) is 11.0. The van der Waals surface area contributed by atoms with Gasteiger partial charge in [0, 0.05) is 15.8 Å². The molecular weight excluding hydrogens is 347 g/mol. The van der Waals surface area contributed by atoms with Crippen LogP contribution in [0.1, 0.15) is 31.7 Å². The quantitative estimate of drug-likeness (QED) is 0.442. The van der Waals surface area contributed by atoms with Gasteiger partial charge < -0.3 is 0 Å². The summed E-state index contributed by atoms with van der Waals surface area (Å²) in [5.74, 6) is 1.19. The third-order valence-corrected chi connectivity index (χ3v) is 6.42. The van der Waals surface area contributed by atoms with Crippen LogP contribution < -0.4 is 0 Å². The molecule has 1 aromatic carbocycles. The largest absolute Gasteiger partial charge is 0.267 e. The van der Waals surface area contributed by atoms with Crippen LogP contribution in [0, 0.1) is 23.2 Å². The Morgan fingerprint density at radius 2 is 1.95 bits per heavy atom. The van der Waals surface area contributed by atoms with Crippen molar-refractivity contribution >= 4 is 28.3 Å². The van der Waals surface area contributed by atoms with E-state index < -0.39 is 0 Å². The summed E-state index contributed by atoms with van der Waals surface area (Å²) in [5, 5.41) is 9.11. The third-order valence-electron chi connectivity index (χ3n) is 4.68. The molecule has 2 bridgehead atoms. The molecule has 2 unspecified atom stereocenters. The summed E-state index contributed by atoms with van der Waals surface area (Å²) < 4.78 is 0.710. The summed E-state index contributed by atoms with van der Waals surface area (Å²) in [7, 11) is 0. The molecular formula is C16H17IN2. The average molecular weight is 364 g/mol.